The first-order valence-corrected chi connectivity index (χ1v) is 11.7. The summed E-state index contributed by atoms with van der Waals surface area (Å²) in [5.74, 6) is -5.64. The van der Waals surface area contributed by atoms with Crippen LogP contribution in [0.5, 0.6) is 0 Å². The van der Waals surface area contributed by atoms with Crippen LogP contribution < -0.4 is 11.2 Å². The van der Waals surface area contributed by atoms with E-state index in [0.717, 1.165) is 8.87 Å². The van der Waals surface area contributed by atoms with Crippen LogP contribution in [0.25, 0.3) is 10.9 Å². The van der Waals surface area contributed by atoms with Gasteiger partial charge in [-0.15, -0.1) is 0 Å². The van der Waals surface area contributed by atoms with Crippen LogP contribution in [0.15, 0.2) is 44.8 Å². The molecule has 1 aliphatic heterocycles. The number of halogens is 3. The summed E-state index contributed by atoms with van der Waals surface area (Å²) in [6, 6.07) is 5.43. The number of hydrogen-bond acceptors (Lipinski definition) is 5. The van der Waals surface area contributed by atoms with Gasteiger partial charge in [-0.1, -0.05) is 0 Å². The van der Waals surface area contributed by atoms with E-state index >= 15 is 0 Å². The summed E-state index contributed by atoms with van der Waals surface area (Å²) in [6.07, 6.45) is 0. The lowest BCUT2D eigenvalue weighted by Gasteiger charge is -2.34. The zero-order chi connectivity index (χ0) is 24.8. The molecule has 0 atom stereocenters. The quantitative estimate of drug-likeness (QED) is 0.547. The molecule has 1 fully saturated rings. The van der Waals surface area contributed by atoms with Crippen LogP contribution in [0.4, 0.5) is 13.2 Å². The second kappa shape index (κ2) is 8.72. The number of carbonyl (C=O) groups excluding carboxylic acids is 1. The van der Waals surface area contributed by atoms with Crippen molar-refractivity contribution in [3.05, 3.63) is 74.2 Å². The minimum absolute atomic E-state index is 0.0463. The molecule has 0 aliphatic carbocycles. The van der Waals surface area contributed by atoms with Crippen molar-refractivity contribution in [3.63, 3.8) is 0 Å². The van der Waals surface area contributed by atoms with E-state index in [9.17, 15) is 36.0 Å². The molecule has 2 heterocycles. The van der Waals surface area contributed by atoms with Gasteiger partial charge >= 0.3 is 5.69 Å². The minimum Gasteiger partial charge on any atom is -0.336 e. The van der Waals surface area contributed by atoms with E-state index < -0.39 is 49.5 Å². The van der Waals surface area contributed by atoms with Gasteiger partial charge in [0, 0.05) is 38.3 Å². The van der Waals surface area contributed by atoms with E-state index in [-0.39, 0.29) is 49.2 Å². The molecule has 34 heavy (non-hydrogen) atoms. The van der Waals surface area contributed by atoms with Gasteiger partial charge in [0.05, 0.1) is 10.9 Å². The summed E-state index contributed by atoms with van der Waals surface area (Å²) >= 11 is 0. The Balaban J connectivity index is 1.54. The van der Waals surface area contributed by atoms with E-state index in [1.807, 2.05) is 0 Å². The molecule has 180 valence electrons. The number of piperazine rings is 1. The van der Waals surface area contributed by atoms with Crippen LogP contribution in [0.3, 0.4) is 0 Å². The molecule has 13 heteroatoms. The predicted molar refractivity (Wildman–Crippen MR) is 115 cm³/mol. The zero-order valence-corrected chi connectivity index (χ0v) is 18.7. The highest BCUT2D eigenvalue weighted by atomic mass is 32.2. The normalized spacial score (nSPS) is 15.1. The molecule has 0 bridgehead atoms. The summed E-state index contributed by atoms with van der Waals surface area (Å²) in [5.41, 5.74) is -0.711. The monoisotopic (exact) mass is 496 g/mol. The summed E-state index contributed by atoms with van der Waals surface area (Å²) < 4.78 is 68.1. The Labute approximate surface area is 191 Å². The van der Waals surface area contributed by atoms with Crippen LogP contribution in [0, 0.1) is 17.5 Å². The minimum atomic E-state index is -4.45. The Hall–Kier alpha value is -3.45. The molecule has 0 spiro atoms. The van der Waals surface area contributed by atoms with Gasteiger partial charge < -0.3 is 9.88 Å². The molecule has 3 aromatic rings. The number of H-pyrrole nitrogens is 1. The van der Waals surface area contributed by atoms with Crippen molar-refractivity contribution in [2.75, 3.05) is 26.2 Å². The Bertz CT molecular complexity index is 1530. The first-order chi connectivity index (χ1) is 16.1. The fraction of sp³-hybridized carbons (Fsp3) is 0.286. The maximum atomic E-state index is 14.0. The summed E-state index contributed by atoms with van der Waals surface area (Å²) in [4.78, 5) is 40.3. The van der Waals surface area contributed by atoms with Crippen LogP contribution in [0.2, 0.25) is 0 Å². The van der Waals surface area contributed by atoms with Gasteiger partial charge in [0.1, 0.15) is 4.90 Å². The Morgan fingerprint density at radius 2 is 1.68 bits per heavy atom. The van der Waals surface area contributed by atoms with Crippen molar-refractivity contribution >= 4 is 26.8 Å². The topological polar surface area (TPSA) is 113 Å². The van der Waals surface area contributed by atoms with E-state index in [1.54, 1.807) is 6.92 Å². The fourth-order valence-electron chi connectivity index (χ4n) is 3.84. The number of aromatic nitrogens is 2. The Morgan fingerprint density at radius 1 is 1.00 bits per heavy atom. The van der Waals surface area contributed by atoms with E-state index in [2.05, 4.69) is 4.98 Å². The Kier molecular flexibility index (Phi) is 6.08. The van der Waals surface area contributed by atoms with Gasteiger partial charge in [-0.05, 0) is 37.3 Å². The summed E-state index contributed by atoms with van der Waals surface area (Å²) in [5, 5.41) is 0.238. The van der Waals surface area contributed by atoms with Crippen molar-refractivity contribution in [1.29, 1.82) is 0 Å². The van der Waals surface area contributed by atoms with Crippen molar-refractivity contribution < 1.29 is 26.4 Å². The third-order valence-electron chi connectivity index (χ3n) is 5.69. The van der Waals surface area contributed by atoms with Crippen LogP contribution >= 0.6 is 0 Å². The largest absolute Gasteiger partial charge is 0.336 e. The van der Waals surface area contributed by atoms with Crippen molar-refractivity contribution in [3.8, 4) is 0 Å². The molecule has 1 aliphatic rings. The van der Waals surface area contributed by atoms with E-state index in [1.165, 1.54) is 23.1 Å². The van der Waals surface area contributed by atoms with Gasteiger partial charge in [0.25, 0.3) is 11.5 Å². The molecule has 2 aromatic carbocycles. The number of carbonyl (C=O) groups is 1. The number of hydrogen-bond donors (Lipinski definition) is 1. The summed E-state index contributed by atoms with van der Waals surface area (Å²) in [6.45, 7) is 1.36. The molecule has 1 saturated heterocycles. The predicted octanol–water partition coefficient (Wildman–Crippen LogP) is 1.27. The molecule has 0 saturated carbocycles. The SMILES string of the molecule is CCn1c(=O)[nH]c2cc(C(=O)N3CCN(S(=O)(=O)c4ccc(F)c(F)c4F)CC3)ccc2c1=O. The average molecular weight is 496 g/mol. The molecule has 9 nitrogen and oxygen atoms in total. The van der Waals surface area contributed by atoms with Gasteiger partial charge in [-0.2, -0.15) is 4.31 Å². The second-order valence-corrected chi connectivity index (χ2v) is 9.52. The highest BCUT2D eigenvalue weighted by Gasteiger charge is 2.33. The molecule has 1 N–H and O–H groups in total. The molecular formula is C21H19F3N4O5S. The number of rotatable bonds is 4. The zero-order valence-electron chi connectivity index (χ0n) is 17.8. The second-order valence-electron chi connectivity index (χ2n) is 7.61. The summed E-state index contributed by atoms with van der Waals surface area (Å²) in [7, 11) is -4.45. The van der Waals surface area contributed by atoms with Crippen LogP contribution in [-0.2, 0) is 16.6 Å². The lowest BCUT2D eigenvalue weighted by molar-refractivity contribution is 0.0698. The number of fused-ring (bicyclic) bond motifs is 1. The number of amides is 1. The lowest BCUT2D eigenvalue weighted by Crippen LogP contribution is -2.50. The standard InChI is InChI=1S/C21H19F3N4O5S/c1-2-28-20(30)13-4-3-12(11-15(13)25-21(28)31)19(29)26-7-9-27(10-8-26)34(32,33)16-6-5-14(22)17(23)18(16)24/h3-6,11H,2,7-10H2,1H3,(H,25,31). The molecule has 1 aromatic heterocycles. The third kappa shape index (κ3) is 3.90. The number of aromatic amines is 1. The van der Waals surface area contributed by atoms with Crippen LogP contribution in [-0.4, -0.2) is 59.3 Å². The maximum absolute atomic E-state index is 14.0. The molecule has 4 rings (SSSR count). The van der Waals surface area contributed by atoms with E-state index in [4.69, 9.17) is 0 Å². The number of nitrogens with zero attached hydrogens (tertiary/aromatic N) is 3. The first-order valence-electron chi connectivity index (χ1n) is 10.3. The van der Waals surface area contributed by atoms with Gasteiger partial charge in [0.2, 0.25) is 10.0 Å². The molecule has 0 radical (unpaired) electrons. The molecular weight excluding hydrogens is 477 g/mol. The number of nitrogens with one attached hydrogen (secondary N) is 1. The van der Waals surface area contributed by atoms with Crippen molar-refractivity contribution in [2.45, 2.75) is 18.4 Å². The lowest BCUT2D eigenvalue weighted by atomic mass is 10.1. The highest BCUT2D eigenvalue weighted by Crippen LogP contribution is 2.24. The molecule has 0 unspecified atom stereocenters. The fourth-order valence-corrected chi connectivity index (χ4v) is 5.31. The Morgan fingerprint density at radius 3 is 2.32 bits per heavy atom. The van der Waals surface area contributed by atoms with Crippen molar-refractivity contribution in [2.24, 2.45) is 0 Å². The smallest absolute Gasteiger partial charge is 0.328 e. The van der Waals surface area contributed by atoms with Gasteiger partial charge in [-0.25, -0.2) is 26.4 Å². The van der Waals surface area contributed by atoms with Crippen LogP contribution in [0.1, 0.15) is 17.3 Å². The van der Waals surface area contributed by atoms with Crippen molar-refractivity contribution in [1.82, 2.24) is 18.8 Å². The van der Waals surface area contributed by atoms with Gasteiger partial charge in [0.15, 0.2) is 17.5 Å². The van der Waals surface area contributed by atoms with E-state index in [0.29, 0.717) is 12.1 Å². The first kappa shape index (κ1) is 23.7. The average Bonchev–Trinajstić information content (AvgIpc) is 2.82. The maximum Gasteiger partial charge on any atom is 0.328 e. The number of sulfonamides is 1. The molecule has 1 amide bonds. The van der Waals surface area contributed by atoms with Gasteiger partial charge in [-0.3, -0.25) is 14.2 Å². The highest BCUT2D eigenvalue weighted by molar-refractivity contribution is 7.89. The third-order valence-corrected chi connectivity index (χ3v) is 7.60. The number of benzene rings is 2.